The Morgan fingerprint density at radius 2 is 1.01 bits per heavy atom. The summed E-state index contributed by atoms with van der Waals surface area (Å²) in [6, 6.07) is 71.8. The molecule has 0 atom stereocenters. The highest BCUT2D eigenvalue weighted by Gasteiger charge is 2.29. The summed E-state index contributed by atoms with van der Waals surface area (Å²) in [5.74, 6) is 2.36. The molecule has 0 fully saturated rings. The van der Waals surface area contributed by atoms with Crippen LogP contribution >= 0.6 is 0 Å². The third kappa shape index (κ3) is 7.91. The number of rotatable bonds is 8. The Morgan fingerprint density at radius 1 is 0.418 bits per heavy atom. The van der Waals surface area contributed by atoms with E-state index < -0.39 is 0 Å². The van der Waals surface area contributed by atoms with E-state index >= 15 is 0 Å². The SMILES string of the molecule is CC(C)(C)c1ccc(-c2cnc(-n3c4ccccc4c4ccc(Oc5cccc(N6CN(c7ccc(C(C)(C)C)cc7)c7ccc(-c8ccccc8)cc76)c5)cc43)cc2-c2ccccc2)cc1. The molecule has 0 amide bonds. The largest absolute Gasteiger partial charge is 0.457 e. The van der Waals surface area contributed by atoms with Crippen LogP contribution in [0.25, 0.3) is 61.0 Å². The molecule has 67 heavy (non-hydrogen) atoms. The van der Waals surface area contributed by atoms with Crippen LogP contribution in [0.4, 0.5) is 22.7 Å². The third-order valence-corrected chi connectivity index (χ3v) is 13.3. The average Bonchev–Trinajstić information content (AvgIpc) is 3.90. The van der Waals surface area contributed by atoms with Crippen molar-refractivity contribution in [3.05, 3.63) is 218 Å². The van der Waals surface area contributed by atoms with E-state index in [1.807, 2.05) is 12.3 Å². The second kappa shape index (κ2) is 16.5. The minimum atomic E-state index is 0.0693. The fraction of sp³-hybridized carbons (Fsp3) is 0.145. The van der Waals surface area contributed by atoms with Crippen LogP contribution in [0.2, 0.25) is 0 Å². The standard InChI is InChI=1S/C62H54N4O/c1-61(2,3)46-27-24-44(25-28-46)55-40-63-60(39-54(55)43-18-11-8-12-19-43)66-56-23-14-13-22-52(56)53-34-33-51(38-58(53)66)67-50-21-15-20-49(37-50)65-41-64(48-31-29-47(30-32-48)62(4,5)6)57-35-26-45(36-59(57)65)42-16-9-7-10-17-42/h7-40H,41H2,1-6H3. The van der Waals surface area contributed by atoms with E-state index in [1.54, 1.807) is 0 Å². The smallest absolute Gasteiger partial charge is 0.138 e. The van der Waals surface area contributed by atoms with Gasteiger partial charge in [-0.05, 0) is 110 Å². The van der Waals surface area contributed by atoms with Gasteiger partial charge in [0.2, 0.25) is 0 Å². The van der Waals surface area contributed by atoms with E-state index in [2.05, 4.69) is 250 Å². The first-order valence-corrected chi connectivity index (χ1v) is 23.3. The van der Waals surface area contributed by atoms with Crippen molar-refractivity contribution in [3.8, 4) is 50.7 Å². The highest BCUT2D eigenvalue weighted by Crippen LogP contribution is 2.47. The van der Waals surface area contributed by atoms with Gasteiger partial charge in [-0.15, -0.1) is 0 Å². The van der Waals surface area contributed by atoms with Crippen molar-refractivity contribution in [2.24, 2.45) is 0 Å². The molecule has 2 aromatic heterocycles. The lowest BCUT2D eigenvalue weighted by Gasteiger charge is -2.24. The molecule has 8 aromatic carbocycles. The molecule has 328 valence electrons. The molecular weight excluding hydrogens is 817 g/mol. The highest BCUT2D eigenvalue weighted by molar-refractivity contribution is 6.09. The number of nitrogens with zero attached hydrogens (tertiary/aromatic N) is 4. The van der Waals surface area contributed by atoms with Crippen LogP contribution in [0, 0.1) is 0 Å². The molecule has 1 aliphatic heterocycles. The number of aromatic nitrogens is 2. The van der Waals surface area contributed by atoms with Gasteiger partial charge in [-0.3, -0.25) is 4.57 Å². The summed E-state index contributed by atoms with van der Waals surface area (Å²) in [6.07, 6.45) is 2.04. The topological polar surface area (TPSA) is 33.5 Å². The maximum absolute atomic E-state index is 6.84. The van der Waals surface area contributed by atoms with E-state index in [-0.39, 0.29) is 10.8 Å². The van der Waals surface area contributed by atoms with Gasteiger partial charge in [-0.2, -0.15) is 0 Å². The van der Waals surface area contributed by atoms with Crippen LogP contribution in [-0.2, 0) is 10.8 Å². The zero-order valence-electron chi connectivity index (χ0n) is 39.0. The number of para-hydroxylation sites is 1. The summed E-state index contributed by atoms with van der Waals surface area (Å²) in [5.41, 5.74) is 16.3. The van der Waals surface area contributed by atoms with Crippen molar-refractivity contribution in [1.82, 2.24) is 9.55 Å². The fourth-order valence-corrected chi connectivity index (χ4v) is 9.57. The molecular formula is C62H54N4O. The molecule has 0 bridgehead atoms. The Bertz CT molecular complexity index is 3410. The van der Waals surface area contributed by atoms with Crippen LogP contribution in [-0.4, -0.2) is 16.2 Å². The number of pyridine rings is 1. The quantitative estimate of drug-likeness (QED) is 0.152. The molecule has 5 heteroatoms. The summed E-state index contributed by atoms with van der Waals surface area (Å²) in [4.78, 5) is 10.0. The Morgan fingerprint density at radius 3 is 1.73 bits per heavy atom. The van der Waals surface area contributed by atoms with Crippen LogP contribution < -0.4 is 14.5 Å². The van der Waals surface area contributed by atoms with E-state index in [0.717, 1.165) is 78.4 Å². The van der Waals surface area contributed by atoms with Crippen molar-refractivity contribution in [1.29, 1.82) is 0 Å². The van der Waals surface area contributed by atoms with Gasteiger partial charge in [0.1, 0.15) is 24.0 Å². The maximum atomic E-state index is 6.84. The fourth-order valence-electron chi connectivity index (χ4n) is 9.57. The summed E-state index contributed by atoms with van der Waals surface area (Å²) in [7, 11) is 0. The number of hydrogen-bond acceptors (Lipinski definition) is 4. The molecule has 0 radical (unpaired) electrons. The number of fused-ring (bicyclic) bond motifs is 4. The molecule has 0 spiro atoms. The van der Waals surface area contributed by atoms with Gasteiger partial charge >= 0.3 is 0 Å². The zero-order chi connectivity index (χ0) is 45.9. The Balaban J connectivity index is 0.967. The monoisotopic (exact) mass is 870 g/mol. The van der Waals surface area contributed by atoms with Gasteiger partial charge in [0.25, 0.3) is 0 Å². The molecule has 0 unspecified atom stereocenters. The predicted molar refractivity (Wildman–Crippen MR) is 281 cm³/mol. The van der Waals surface area contributed by atoms with E-state index in [9.17, 15) is 0 Å². The second-order valence-electron chi connectivity index (χ2n) is 19.8. The number of hydrogen-bond donors (Lipinski definition) is 0. The van der Waals surface area contributed by atoms with Gasteiger partial charge < -0.3 is 14.5 Å². The summed E-state index contributed by atoms with van der Waals surface area (Å²) < 4.78 is 9.12. The van der Waals surface area contributed by atoms with Crippen molar-refractivity contribution in [2.45, 2.75) is 52.4 Å². The Kier molecular flexibility index (Phi) is 10.3. The first-order valence-electron chi connectivity index (χ1n) is 23.3. The number of anilines is 4. The van der Waals surface area contributed by atoms with Gasteiger partial charge in [-0.25, -0.2) is 4.98 Å². The van der Waals surface area contributed by atoms with Gasteiger partial charge in [0.05, 0.1) is 22.4 Å². The van der Waals surface area contributed by atoms with Crippen LogP contribution in [0.15, 0.2) is 206 Å². The van der Waals surface area contributed by atoms with Gasteiger partial charge in [-0.1, -0.05) is 169 Å². The molecule has 3 heterocycles. The summed E-state index contributed by atoms with van der Waals surface area (Å²) in [5, 5.41) is 2.30. The van der Waals surface area contributed by atoms with Crippen molar-refractivity contribution >= 4 is 44.6 Å². The molecule has 5 nitrogen and oxygen atoms in total. The summed E-state index contributed by atoms with van der Waals surface area (Å²) >= 11 is 0. The van der Waals surface area contributed by atoms with Crippen molar-refractivity contribution in [2.75, 3.05) is 16.5 Å². The Hall–Kier alpha value is -7.89. The first kappa shape index (κ1) is 41.8. The minimum Gasteiger partial charge on any atom is -0.457 e. The van der Waals surface area contributed by atoms with Crippen LogP contribution in [0.1, 0.15) is 52.7 Å². The molecule has 0 N–H and O–H groups in total. The lowest BCUT2D eigenvalue weighted by molar-refractivity contribution is 0.483. The van der Waals surface area contributed by atoms with E-state index in [1.165, 1.54) is 27.9 Å². The molecule has 0 aliphatic carbocycles. The van der Waals surface area contributed by atoms with E-state index in [4.69, 9.17) is 9.72 Å². The minimum absolute atomic E-state index is 0.0693. The number of ether oxygens (including phenoxy) is 1. The zero-order valence-corrected chi connectivity index (χ0v) is 39.0. The molecule has 11 rings (SSSR count). The lowest BCUT2D eigenvalue weighted by atomic mass is 9.86. The summed E-state index contributed by atoms with van der Waals surface area (Å²) in [6.45, 7) is 14.2. The highest BCUT2D eigenvalue weighted by atomic mass is 16.5. The van der Waals surface area contributed by atoms with Crippen molar-refractivity contribution < 1.29 is 4.74 Å². The van der Waals surface area contributed by atoms with Crippen molar-refractivity contribution in [3.63, 3.8) is 0 Å². The second-order valence-corrected chi connectivity index (χ2v) is 19.8. The molecule has 0 saturated heterocycles. The van der Waals surface area contributed by atoms with Crippen LogP contribution in [0.3, 0.4) is 0 Å². The third-order valence-electron chi connectivity index (χ3n) is 13.3. The van der Waals surface area contributed by atoms with Gasteiger partial charge in [0.15, 0.2) is 0 Å². The molecule has 1 aliphatic rings. The molecule has 0 saturated carbocycles. The predicted octanol–water partition coefficient (Wildman–Crippen LogP) is 16.8. The molecule has 10 aromatic rings. The maximum Gasteiger partial charge on any atom is 0.138 e. The first-order chi connectivity index (χ1) is 32.5. The van der Waals surface area contributed by atoms with Crippen LogP contribution in [0.5, 0.6) is 11.5 Å². The average molecular weight is 871 g/mol. The lowest BCUT2D eigenvalue weighted by Crippen LogP contribution is -2.24. The van der Waals surface area contributed by atoms with Gasteiger partial charge in [0, 0.05) is 46.0 Å². The normalized spacial score (nSPS) is 12.8. The van der Waals surface area contributed by atoms with E-state index in [0.29, 0.717) is 6.67 Å². The Labute approximate surface area is 394 Å². The number of benzene rings is 8.